The predicted octanol–water partition coefficient (Wildman–Crippen LogP) is 5.44. The molecule has 2 nitrogen and oxygen atoms in total. The molecule has 4 heteroatoms. The lowest BCUT2D eigenvalue weighted by molar-refractivity contribution is 0.473. The summed E-state index contributed by atoms with van der Waals surface area (Å²) in [6, 6.07) is 4.05. The molecule has 0 radical (unpaired) electrons. The summed E-state index contributed by atoms with van der Waals surface area (Å²) in [5.41, 5.74) is 6.47. The molecule has 2 N–H and O–H groups in total. The summed E-state index contributed by atoms with van der Waals surface area (Å²) in [7, 11) is 0. The SMILES string of the molecule is NC1CCCCCCCCCCC1Sc1ncccc1Cl. The van der Waals surface area contributed by atoms with Crippen molar-refractivity contribution in [2.75, 3.05) is 0 Å². The van der Waals surface area contributed by atoms with Gasteiger partial charge in [0.05, 0.1) is 5.02 Å². The topological polar surface area (TPSA) is 38.9 Å². The molecule has 2 atom stereocenters. The third-order valence-electron chi connectivity index (χ3n) is 4.24. The molecule has 0 spiro atoms. The molecule has 118 valence electrons. The van der Waals surface area contributed by atoms with Crippen LogP contribution in [0.2, 0.25) is 5.02 Å². The number of aromatic nitrogens is 1. The lowest BCUT2D eigenvalue weighted by atomic mass is 9.98. The van der Waals surface area contributed by atoms with Crippen LogP contribution in [-0.4, -0.2) is 16.3 Å². The molecule has 1 aromatic rings. The van der Waals surface area contributed by atoms with Gasteiger partial charge in [0.2, 0.25) is 0 Å². The average molecular weight is 327 g/mol. The first-order chi connectivity index (χ1) is 10.3. The number of hydrogen-bond acceptors (Lipinski definition) is 3. The van der Waals surface area contributed by atoms with Crippen LogP contribution < -0.4 is 5.73 Å². The Hall–Kier alpha value is -0.250. The molecular formula is C17H27ClN2S. The van der Waals surface area contributed by atoms with Gasteiger partial charge in [0.15, 0.2) is 0 Å². The summed E-state index contributed by atoms with van der Waals surface area (Å²) in [5, 5.41) is 2.13. The van der Waals surface area contributed by atoms with Crippen molar-refractivity contribution in [1.29, 1.82) is 0 Å². The van der Waals surface area contributed by atoms with Gasteiger partial charge in [-0.2, -0.15) is 0 Å². The Labute approximate surface area is 138 Å². The molecular weight excluding hydrogens is 300 g/mol. The van der Waals surface area contributed by atoms with E-state index >= 15 is 0 Å². The van der Waals surface area contributed by atoms with Crippen LogP contribution in [-0.2, 0) is 0 Å². The lowest BCUT2D eigenvalue weighted by Gasteiger charge is -2.24. The molecule has 1 heterocycles. The third-order valence-corrected chi connectivity index (χ3v) is 6.10. The normalized spacial score (nSPS) is 25.8. The van der Waals surface area contributed by atoms with Gasteiger partial charge >= 0.3 is 0 Å². The van der Waals surface area contributed by atoms with E-state index in [1.54, 1.807) is 11.8 Å². The molecule has 0 amide bonds. The number of thioether (sulfide) groups is 1. The van der Waals surface area contributed by atoms with Crippen molar-refractivity contribution in [2.24, 2.45) is 5.73 Å². The van der Waals surface area contributed by atoms with Crippen molar-refractivity contribution in [3.05, 3.63) is 23.4 Å². The molecule has 0 bridgehead atoms. The van der Waals surface area contributed by atoms with Crippen LogP contribution in [0.15, 0.2) is 23.4 Å². The van der Waals surface area contributed by atoms with E-state index in [0.717, 1.165) is 16.5 Å². The van der Waals surface area contributed by atoms with Gasteiger partial charge in [0, 0.05) is 17.5 Å². The molecule has 0 aliphatic heterocycles. The van der Waals surface area contributed by atoms with Crippen LogP contribution in [0.1, 0.15) is 64.2 Å². The fourth-order valence-corrected chi connectivity index (χ4v) is 4.37. The third kappa shape index (κ3) is 6.17. The average Bonchev–Trinajstić information content (AvgIpc) is 2.48. The zero-order chi connectivity index (χ0) is 14.9. The van der Waals surface area contributed by atoms with E-state index in [4.69, 9.17) is 17.3 Å². The van der Waals surface area contributed by atoms with E-state index in [2.05, 4.69) is 4.98 Å². The molecule has 1 saturated carbocycles. The van der Waals surface area contributed by atoms with Gasteiger partial charge in [-0.15, -0.1) is 0 Å². The van der Waals surface area contributed by atoms with Gasteiger partial charge in [-0.05, 0) is 25.0 Å². The highest BCUT2D eigenvalue weighted by Crippen LogP contribution is 2.33. The zero-order valence-electron chi connectivity index (χ0n) is 12.8. The predicted molar refractivity (Wildman–Crippen MR) is 93.0 cm³/mol. The lowest BCUT2D eigenvalue weighted by Crippen LogP contribution is -2.32. The van der Waals surface area contributed by atoms with Gasteiger partial charge in [0.1, 0.15) is 5.03 Å². The molecule has 0 saturated heterocycles. The minimum Gasteiger partial charge on any atom is -0.327 e. The standard InChI is InChI=1S/C17H27ClN2S/c18-14-10-9-13-20-17(14)21-16-12-8-6-4-2-1-3-5-7-11-15(16)19/h9-10,13,15-16H,1-8,11-12,19H2. The molecule has 1 fully saturated rings. The second kappa shape index (κ2) is 9.70. The van der Waals surface area contributed by atoms with Gasteiger partial charge in [-0.25, -0.2) is 4.98 Å². The Kier molecular flexibility index (Phi) is 7.91. The van der Waals surface area contributed by atoms with Crippen molar-refractivity contribution in [2.45, 2.75) is 80.5 Å². The summed E-state index contributed by atoms with van der Waals surface area (Å²) < 4.78 is 0. The molecule has 1 aliphatic carbocycles. The molecule has 1 aromatic heterocycles. The highest BCUT2D eigenvalue weighted by molar-refractivity contribution is 8.00. The van der Waals surface area contributed by atoms with E-state index in [1.165, 1.54) is 57.8 Å². The number of halogens is 1. The van der Waals surface area contributed by atoms with E-state index in [-0.39, 0.29) is 6.04 Å². The van der Waals surface area contributed by atoms with Gasteiger partial charge in [0.25, 0.3) is 0 Å². The van der Waals surface area contributed by atoms with Gasteiger partial charge in [-0.3, -0.25) is 0 Å². The Bertz CT molecular complexity index is 414. The fraction of sp³-hybridized carbons (Fsp3) is 0.706. The first-order valence-electron chi connectivity index (χ1n) is 8.30. The van der Waals surface area contributed by atoms with Crippen molar-refractivity contribution in [3.8, 4) is 0 Å². The van der Waals surface area contributed by atoms with Crippen LogP contribution in [0, 0.1) is 0 Å². The second-order valence-corrected chi connectivity index (χ2v) is 7.65. The maximum absolute atomic E-state index is 6.47. The molecule has 2 rings (SSSR count). The fourth-order valence-electron chi connectivity index (χ4n) is 2.93. The van der Waals surface area contributed by atoms with E-state index in [1.807, 2.05) is 18.3 Å². The van der Waals surface area contributed by atoms with Gasteiger partial charge in [-0.1, -0.05) is 74.7 Å². The number of nitrogens with two attached hydrogens (primary N) is 1. The van der Waals surface area contributed by atoms with Gasteiger partial charge < -0.3 is 5.73 Å². The highest BCUT2D eigenvalue weighted by Gasteiger charge is 2.20. The maximum atomic E-state index is 6.47. The highest BCUT2D eigenvalue weighted by atomic mass is 35.5. The summed E-state index contributed by atoms with van der Waals surface area (Å²) in [4.78, 5) is 4.41. The minimum atomic E-state index is 0.257. The number of hydrogen-bond donors (Lipinski definition) is 1. The minimum absolute atomic E-state index is 0.257. The largest absolute Gasteiger partial charge is 0.327 e. The van der Waals surface area contributed by atoms with Crippen molar-refractivity contribution in [1.82, 2.24) is 4.98 Å². The van der Waals surface area contributed by atoms with E-state index < -0.39 is 0 Å². The van der Waals surface area contributed by atoms with Crippen LogP contribution in [0.25, 0.3) is 0 Å². The Morgan fingerprint density at radius 1 is 1.00 bits per heavy atom. The first kappa shape index (κ1) is 17.1. The number of nitrogens with zero attached hydrogens (tertiary/aromatic N) is 1. The summed E-state index contributed by atoms with van der Waals surface area (Å²) in [5.74, 6) is 0. The second-order valence-electron chi connectivity index (χ2n) is 6.02. The van der Waals surface area contributed by atoms with E-state index in [0.29, 0.717) is 5.25 Å². The van der Waals surface area contributed by atoms with Crippen LogP contribution in [0.4, 0.5) is 0 Å². The smallest absolute Gasteiger partial charge is 0.115 e. The van der Waals surface area contributed by atoms with Crippen LogP contribution in [0.5, 0.6) is 0 Å². The maximum Gasteiger partial charge on any atom is 0.115 e. The first-order valence-corrected chi connectivity index (χ1v) is 9.56. The zero-order valence-corrected chi connectivity index (χ0v) is 14.3. The van der Waals surface area contributed by atoms with Crippen LogP contribution >= 0.6 is 23.4 Å². The molecule has 21 heavy (non-hydrogen) atoms. The number of pyridine rings is 1. The Balaban J connectivity index is 1.96. The quantitative estimate of drug-likeness (QED) is 0.786. The van der Waals surface area contributed by atoms with Crippen LogP contribution in [0.3, 0.4) is 0 Å². The van der Waals surface area contributed by atoms with Crippen molar-refractivity contribution >= 4 is 23.4 Å². The summed E-state index contributed by atoms with van der Waals surface area (Å²) in [6.45, 7) is 0. The van der Waals surface area contributed by atoms with E-state index in [9.17, 15) is 0 Å². The Morgan fingerprint density at radius 2 is 1.62 bits per heavy atom. The van der Waals surface area contributed by atoms with Crippen molar-refractivity contribution < 1.29 is 0 Å². The molecule has 0 aromatic carbocycles. The van der Waals surface area contributed by atoms with Crippen molar-refractivity contribution in [3.63, 3.8) is 0 Å². The molecule has 2 unspecified atom stereocenters. The Morgan fingerprint density at radius 3 is 2.29 bits per heavy atom. The number of rotatable bonds is 2. The summed E-state index contributed by atoms with van der Waals surface area (Å²) >= 11 is 8.03. The summed E-state index contributed by atoms with van der Waals surface area (Å²) in [6.07, 6.45) is 14.9. The monoisotopic (exact) mass is 326 g/mol. The molecule has 1 aliphatic rings.